The summed E-state index contributed by atoms with van der Waals surface area (Å²) in [7, 11) is 0. The number of carbonyl (C=O) groups is 1. The average Bonchev–Trinajstić information content (AvgIpc) is 2.57. The van der Waals surface area contributed by atoms with Gasteiger partial charge in [-0.1, -0.05) is 105 Å². The van der Waals surface area contributed by atoms with E-state index in [0.29, 0.717) is 6.42 Å². The molecule has 0 radical (unpaired) electrons. The third-order valence-corrected chi connectivity index (χ3v) is 5.58. The molecule has 1 rings (SSSR count). The van der Waals surface area contributed by atoms with Crippen molar-refractivity contribution in [1.82, 2.24) is 0 Å². The summed E-state index contributed by atoms with van der Waals surface area (Å²) in [5, 5.41) is 8.63. The van der Waals surface area contributed by atoms with Crippen LogP contribution in [-0.2, 0) is 22.0 Å². The lowest BCUT2D eigenvalue weighted by Gasteiger charge is -2.26. The zero-order valence-electron chi connectivity index (χ0n) is 19.4. The number of aryl methyl sites for hydroxylation is 1. The Hall–Kier alpha value is -1.31. The molecule has 0 aliphatic heterocycles. The normalized spacial score (nSPS) is 12.4. The van der Waals surface area contributed by atoms with E-state index < -0.39 is 5.97 Å². The number of carboxylic acid groups (broad SMARTS) is 1. The molecule has 0 unspecified atom stereocenters. The van der Waals surface area contributed by atoms with Crippen molar-refractivity contribution in [2.45, 2.75) is 123 Å². The first kappa shape index (κ1) is 24.7. The van der Waals surface area contributed by atoms with E-state index in [1.165, 1.54) is 68.1 Å². The van der Waals surface area contributed by atoms with Crippen molar-refractivity contribution in [3.05, 3.63) is 34.9 Å². The van der Waals surface area contributed by atoms with Crippen LogP contribution in [0.1, 0.15) is 122 Å². The summed E-state index contributed by atoms with van der Waals surface area (Å²) in [5.41, 5.74) is 4.80. The lowest BCUT2D eigenvalue weighted by Crippen LogP contribution is -2.17. The van der Waals surface area contributed by atoms with Gasteiger partial charge in [0.05, 0.1) is 0 Å². The van der Waals surface area contributed by atoms with E-state index >= 15 is 0 Å². The van der Waals surface area contributed by atoms with Crippen molar-refractivity contribution < 1.29 is 9.90 Å². The molecule has 0 aliphatic carbocycles. The first-order valence-electron chi connectivity index (χ1n) is 11.4. The summed E-state index contributed by atoms with van der Waals surface area (Å²) >= 11 is 0. The molecule has 0 saturated heterocycles. The van der Waals surface area contributed by atoms with Gasteiger partial charge in [0.1, 0.15) is 0 Å². The molecule has 0 aromatic heterocycles. The van der Waals surface area contributed by atoms with E-state index in [0.717, 1.165) is 12.8 Å². The number of unbranched alkanes of at least 4 members (excludes halogenated alkanes) is 8. The molecule has 160 valence electrons. The zero-order valence-corrected chi connectivity index (χ0v) is 19.4. The van der Waals surface area contributed by atoms with Gasteiger partial charge in [-0.25, -0.2) is 0 Å². The number of hydrogen-bond donors (Lipinski definition) is 1. The lowest BCUT2D eigenvalue weighted by atomic mass is 9.79. The summed E-state index contributed by atoms with van der Waals surface area (Å²) < 4.78 is 0. The van der Waals surface area contributed by atoms with Gasteiger partial charge in [0.15, 0.2) is 0 Å². The van der Waals surface area contributed by atoms with Gasteiger partial charge in [0.2, 0.25) is 0 Å². The molecule has 2 nitrogen and oxygen atoms in total. The molecule has 0 bridgehead atoms. The second-order valence-electron chi connectivity index (χ2n) is 10.5. The van der Waals surface area contributed by atoms with Crippen LogP contribution in [0.4, 0.5) is 0 Å². The maximum absolute atomic E-state index is 10.5. The van der Waals surface area contributed by atoms with Gasteiger partial charge in [-0.05, 0) is 46.8 Å². The fourth-order valence-corrected chi connectivity index (χ4v) is 3.55. The van der Waals surface area contributed by atoms with Crippen LogP contribution in [0.15, 0.2) is 18.2 Å². The quantitative estimate of drug-likeness (QED) is 0.371. The highest BCUT2D eigenvalue weighted by molar-refractivity contribution is 5.66. The Morgan fingerprint density at radius 3 is 1.46 bits per heavy atom. The molecule has 1 N–H and O–H groups in total. The molecular formula is C26H44O2. The molecule has 0 heterocycles. The number of hydrogen-bond acceptors (Lipinski definition) is 1. The molecule has 28 heavy (non-hydrogen) atoms. The van der Waals surface area contributed by atoms with E-state index in [4.69, 9.17) is 5.11 Å². The van der Waals surface area contributed by atoms with E-state index in [9.17, 15) is 4.79 Å². The molecule has 0 saturated carbocycles. The first-order chi connectivity index (χ1) is 13.0. The van der Waals surface area contributed by atoms with Crippen molar-refractivity contribution in [2.24, 2.45) is 0 Å². The Labute approximate surface area is 174 Å². The summed E-state index contributed by atoms with van der Waals surface area (Å²) in [5.74, 6) is -0.664. The minimum Gasteiger partial charge on any atom is -0.481 e. The second kappa shape index (κ2) is 11.6. The molecule has 0 fully saturated rings. The largest absolute Gasteiger partial charge is 0.481 e. The Balaban J connectivity index is 2.32. The highest BCUT2D eigenvalue weighted by atomic mass is 16.4. The van der Waals surface area contributed by atoms with Crippen LogP contribution < -0.4 is 0 Å². The standard InChI is InChI=1S/C26H44O2/c1-25(2,3)22-18-21(19-23(20-22)26(4,5)6)16-14-12-10-8-7-9-11-13-15-17-24(27)28/h18-20H,7-17H2,1-6H3,(H,27,28). The molecular weight excluding hydrogens is 344 g/mol. The van der Waals surface area contributed by atoms with Crippen molar-refractivity contribution in [3.63, 3.8) is 0 Å². The zero-order chi connectivity index (χ0) is 21.2. The van der Waals surface area contributed by atoms with E-state index in [1.807, 2.05) is 0 Å². The smallest absolute Gasteiger partial charge is 0.303 e. The molecule has 0 aliphatic rings. The average molecular weight is 389 g/mol. The first-order valence-corrected chi connectivity index (χ1v) is 11.4. The fourth-order valence-electron chi connectivity index (χ4n) is 3.55. The van der Waals surface area contributed by atoms with Gasteiger partial charge >= 0.3 is 5.97 Å². The maximum Gasteiger partial charge on any atom is 0.303 e. The van der Waals surface area contributed by atoms with Crippen LogP contribution in [-0.4, -0.2) is 11.1 Å². The molecule has 0 spiro atoms. The monoisotopic (exact) mass is 388 g/mol. The van der Waals surface area contributed by atoms with E-state index in [-0.39, 0.29) is 10.8 Å². The minimum atomic E-state index is -0.664. The van der Waals surface area contributed by atoms with Gasteiger partial charge in [0, 0.05) is 6.42 Å². The number of aliphatic carboxylic acids is 1. The summed E-state index contributed by atoms with van der Waals surface area (Å²) in [6, 6.07) is 7.25. The Kier molecular flexibility index (Phi) is 10.3. The molecule has 1 aromatic rings. The van der Waals surface area contributed by atoms with Crippen molar-refractivity contribution in [2.75, 3.05) is 0 Å². The third kappa shape index (κ3) is 10.3. The van der Waals surface area contributed by atoms with Crippen molar-refractivity contribution in [3.8, 4) is 0 Å². The molecule has 0 atom stereocenters. The van der Waals surface area contributed by atoms with Crippen LogP contribution >= 0.6 is 0 Å². The van der Waals surface area contributed by atoms with Crippen LogP contribution in [0.2, 0.25) is 0 Å². The number of rotatable bonds is 12. The Morgan fingerprint density at radius 2 is 1.07 bits per heavy atom. The molecule has 1 aromatic carbocycles. The Morgan fingerprint density at radius 1 is 0.679 bits per heavy atom. The predicted octanol–water partition coefficient (Wildman–Crippen LogP) is 7.81. The van der Waals surface area contributed by atoms with Crippen LogP contribution in [0.25, 0.3) is 0 Å². The highest BCUT2D eigenvalue weighted by Crippen LogP contribution is 2.30. The number of carboxylic acids is 1. The SMILES string of the molecule is CC(C)(C)c1cc(CCCCCCCCCCCC(=O)O)cc(C(C)(C)C)c1. The predicted molar refractivity (Wildman–Crippen MR) is 121 cm³/mol. The van der Waals surface area contributed by atoms with Gasteiger partial charge in [-0.15, -0.1) is 0 Å². The topological polar surface area (TPSA) is 37.3 Å². The van der Waals surface area contributed by atoms with Crippen LogP contribution in [0, 0.1) is 0 Å². The fraction of sp³-hybridized carbons (Fsp3) is 0.731. The van der Waals surface area contributed by atoms with Crippen LogP contribution in [0.3, 0.4) is 0 Å². The summed E-state index contributed by atoms with van der Waals surface area (Å²) in [6.07, 6.45) is 12.3. The van der Waals surface area contributed by atoms with Gasteiger partial charge < -0.3 is 5.11 Å². The van der Waals surface area contributed by atoms with Gasteiger partial charge in [0.25, 0.3) is 0 Å². The molecule has 0 amide bonds. The Bertz CT molecular complexity index is 555. The second-order valence-corrected chi connectivity index (χ2v) is 10.5. The number of benzene rings is 1. The van der Waals surface area contributed by atoms with Crippen LogP contribution in [0.5, 0.6) is 0 Å². The van der Waals surface area contributed by atoms with Crippen molar-refractivity contribution >= 4 is 5.97 Å². The molecule has 2 heteroatoms. The van der Waals surface area contributed by atoms with Crippen molar-refractivity contribution in [1.29, 1.82) is 0 Å². The third-order valence-electron chi connectivity index (χ3n) is 5.58. The summed E-state index contributed by atoms with van der Waals surface area (Å²) in [4.78, 5) is 10.5. The highest BCUT2D eigenvalue weighted by Gasteiger charge is 2.20. The minimum absolute atomic E-state index is 0.195. The van der Waals surface area contributed by atoms with Gasteiger partial charge in [-0.2, -0.15) is 0 Å². The maximum atomic E-state index is 10.5. The summed E-state index contributed by atoms with van der Waals surface area (Å²) in [6.45, 7) is 13.8. The lowest BCUT2D eigenvalue weighted by molar-refractivity contribution is -0.137. The van der Waals surface area contributed by atoms with Gasteiger partial charge in [-0.3, -0.25) is 4.79 Å². The van der Waals surface area contributed by atoms with E-state index in [2.05, 4.69) is 59.7 Å². The van der Waals surface area contributed by atoms with E-state index in [1.54, 1.807) is 0 Å².